The first kappa shape index (κ1) is 15.4. The molecule has 2 rings (SSSR count). The fraction of sp³-hybridized carbons (Fsp3) is 0.235. The van der Waals surface area contributed by atoms with Gasteiger partial charge in [0.1, 0.15) is 5.75 Å². The quantitative estimate of drug-likeness (QED) is 0.891. The van der Waals surface area contributed by atoms with Crippen LogP contribution in [0.25, 0.3) is 0 Å². The topological polar surface area (TPSA) is 38.3 Å². The maximum absolute atomic E-state index is 11.9. The second-order valence-electron chi connectivity index (χ2n) is 4.92. The molecule has 0 spiro atoms. The van der Waals surface area contributed by atoms with E-state index in [-0.39, 0.29) is 5.91 Å². The van der Waals surface area contributed by atoms with Crippen LogP contribution in [0.4, 0.5) is 5.69 Å². The SMILES string of the molecule is Cc1cccc(OCCC(=O)Nc2ccc(Cl)cc2C)c1. The van der Waals surface area contributed by atoms with Gasteiger partial charge in [0.2, 0.25) is 5.91 Å². The first-order valence-electron chi connectivity index (χ1n) is 6.80. The monoisotopic (exact) mass is 303 g/mol. The number of ether oxygens (including phenoxy) is 1. The molecule has 0 saturated heterocycles. The Labute approximate surface area is 129 Å². The van der Waals surface area contributed by atoms with Gasteiger partial charge >= 0.3 is 0 Å². The van der Waals surface area contributed by atoms with Gasteiger partial charge in [0.15, 0.2) is 0 Å². The predicted molar refractivity (Wildman–Crippen MR) is 86.1 cm³/mol. The number of hydrogen-bond acceptors (Lipinski definition) is 2. The summed E-state index contributed by atoms with van der Waals surface area (Å²) in [5, 5.41) is 3.52. The van der Waals surface area contributed by atoms with E-state index in [2.05, 4.69) is 5.32 Å². The average molecular weight is 304 g/mol. The number of carbonyl (C=O) groups is 1. The summed E-state index contributed by atoms with van der Waals surface area (Å²) in [5.74, 6) is 0.707. The molecule has 1 N–H and O–H groups in total. The number of benzene rings is 2. The minimum absolute atomic E-state index is 0.0759. The summed E-state index contributed by atoms with van der Waals surface area (Å²) < 4.78 is 5.56. The third-order valence-corrected chi connectivity index (χ3v) is 3.29. The molecule has 0 aromatic heterocycles. The highest BCUT2D eigenvalue weighted by atomic mass is 35.5. The van der Waals surface area contributed by atoms with Crippen LogP contribution in [-0.4, -0.2) is 12.5 Å². The van der Waals surface area contributed by atoms with Crippen LogP contribution in [0.15, 0.2) is 42.5 Å². The smallest absolute Gasteiger partial charge is 0.227 e. The zero-order valence-corrected chi connectivity index (χ0v) is 12.9. The molecule has 110 valence electrons. The lowest BCUT2D eigenvalue weighted by molar-refractivity contribution is -0.116. The van der Waals surface area contributed by atoms with Crippen molar-refractivity contribution >= 4 is 23.2 Å². The summed E-state index contributed by atoms with van der Waals surface area (Å²) in [6, 6.07) is 13.1. The van der Waals surface area contributed by atoms with Crippen molar-refractivity contribution in [1.29, 1.82) is 0 Å². The number of hydrogen-bond donors (Lipinski definition) is 1. The van der Waals surface area contributed by atoms with Gasteiger partial charge in [0, 0.05) is 10.7 Å². The fourth-order valence-corrected chi connectivity index (χ4v) is 2.17. The molecule has 0 fully saturated rings. The van der Waals surface area contributed by atoms with Gasteiger partial charge in [-0.1, -0.05) is 23.7 Å². The largest absolute Gasteiger partial charge is 0.493 e. The summed E-state index contributed by atoms with van der Waals surface area (Å²) in [5.41, 5.74) is 2.85. The fourth-order valence-electron chi connectivity index (χ4n) is 1.95. The summed E-state index contributed by atoms with van der Waals surface area (Å²) in [6.45, 7) is 4.26. The number of rotatable bonds is 5. The van der Waals surface area contributed by atoms with Gasteiger partial charge in [-0.2, -0.15) is 0 Å². The Morgan fingerprint density at radius 3 is 2.71 bits per heavy atom. The van der Waals surface area contributed by atoms with Gasteiger partial charge in [-0.25, -0.2) is 0 Å². The number of nitrogens with one attached hydrogen (secondary N) is 1. The van der Waals surface area contributed by atoms with Crippen molar-refractivity contribution < 1.29 is 9.53 Å². The molecule has 0 unspecified atom stereocenters. The molecule has 21 heavy (non-hydrogen) atoms. The molecular formula is C17H18ClNO2. The van der Waals surface area contributed by atoms with Crippen molar-refractivity contribution in [2.45, 2.75) is 20.3 Å². The van der Waals surface area contributed by atoms with Gasteiger partial charge in [-0.15, -0.1) is 0 Å². The van der Waals surface area contributed by atoms with Crippen molar-refractivity contribution in [1.82, 2.24) is 0 Å². The molecule has 2 aromatic rings. The highest BCUT2D eigenvalue weighted by Gasteiger charge is 2.05. The van der Waals surface area contributed by atoms with E-state index >= 15 is 0 Å². The van der Waals surface area contributed by atoms with Gasteiger partial charge in [-0.05, 0) is 55.3 Å². The normalized spacial score (nSPS) is 10.2. The zero-order chi connectivity index (χ0) is 15.2. The van der Waals surface area contributed by atoms with Crippen molar-refractivity contribution in [3.05, 3.63) is 58.6 Å². The predicted octanol–water partition coefficient (Wildman–Crippen LogP) is 4.36. The van der Waals surface area contributed by atoms with Crippen LogP contribution in [0.3, 0.4) is 0 Å². The van der Waals surface area contributed by atoms with Crippen molar-refractivity contribution in [2.24, 2.45) is 0 Å². The molecule has 0 atom stereocenters. The van der Waals surface area contributed by atoms with Crippen LogP contribution >= 0.6 is 11.6 Å². The molecule has 0 aliphatic heterocycles. The lowest BCUT2D eigenvalue weighted by atomic mass is 10.2. The van der Waals surface area contributed by atoms with E-state index in [4.69, 9.17) is 16.3 Å². The second kappa shape index (κ2) is 7.14. The van der Waals surface area contributed by atoms with Crippen LogP contribution in [0, 0.1) is 13.8 Å². The Bertz CT molecular complexity index is 640. The van der Waals surface area contributed by atoms with Crippen LogP contribution in [0.1, 0.15) is 17.5 Å². The van der Waals surface area contributed by atoms with Crippen molar-refractivity contribution in [3.63, 3.8) is 0 Å². The minimum atomic E-state index is -0.0759. The summed E-state index contributed by atoms with van der Waals surface area (Å²) in [6.07, 6.45) is 0.302. The van der Waals surface area contributed by atoms with E-state index in [0.29, 0.717) is 18.1 Å². The van der Waals surface area contributed by atoms with Crippen LogP contribution in [0.5, 0.6) is 5.75 Å². The Morgan fingerprint density at radius 2 is 2.00 bits per heavy atom. The molecule has 1 amide bonds. The van der Waals surface area contributed by atoms with Gasteiger partial charge in [0.25, 0.3) is 0 Å². The van der Waals surface area contributed by atoms with Crippen molar-refractivity contribution in [3.8, 4) is 5.75 Å². The number of carbonyl (C=O) groups excluding carboxylic acids is 1. The molecule has 4 heteroatoms. The Balaban J connectivity index is 1.82. The third-order valence-electron chi connectivity index (χ3n) is 3.05. The zero-order valence-electron chi connectivity index (χ0n) is 12.2. The number of aryl methyl sites for hydroxylation is 2. The molecule has 0 radical (unpaired) electrons. The molecule has 0 bridgehead atoms. The summed E-state index contributed by atoms with van der Waals surface area (Å²) in [4.78, 5) is 11.9. The Hall–Kier alpha value is -2.00. The number of amides is 1. The highest BCUT2D eigenvalue weighted by Crippen LogP contribution is 2.19. The second-order valence-corrected chi connectivity index (χ2v) is 5.36. The molecule has 0 aliphatic carbocycles. The summed E-state index contributed by atoms with van der Waals surface area (Å²) in [7, 11) is 0. The number of anilines is 1. The van der Waals surface area contributed by atoms with E-state index < -0.39 is 0 Å². The van der Waals surface area contributed by atoms with Crippen LogP contribution in [-0.2, 0) is 4.79 Å². The van der Waals surface area contributed by atoms with Gasteiger partial charge in [0.05, 0.1) is 13.0 Å². The van der Waals surface area contributed by atoms with Gasteiger partial charge < -0.3 is 10.1 Å². The first-order valence-corrected chi connectivity index (χ1v) is 7.18. The van der Waals surface area contributed by atoms with Gasteiger partial charge in [-0.3, -0.25) is 4.79 Å². The molecule has 0 heterocycles. The first-order chi connectivity index (χ1) is 10.0. The van der Waals surface area contributed by atoms with Crippen LogP contribution in [0.2, 0.25) is 5.02 Å². The Morgan fingerprint density at radius 1 is 1.19 bits per heavy atom. The van der Waals surface area contributed by atoms with E-state index in [0.717, 1.165) is 22.6 Å². The molecule has 0 aliphatic rings. The van der Waals surface area contributed by atoms with E-state index in [1.165, 1.54) is 0 Å². The minimum Gasteiger partial charge on any atom is -0.493 e. The van der Waals surface area contributed by atoms with E-state index in [1.807, 2.05) is 44.2 Å². The van der Waals surface area contributed by atoms with Crippen molar-refractivity contribution in [2.75, 3.05) is 11.9 Å². The highest BCUT2D eigenvalue weighted by molar-refractivity contribution is 6.30. The molecule has 2 aromatic carbocycles. The van der Waals surface area contributed by atoms with E-state index in [1.54, 1.807) is 12.1 Å². The number of halogens is 1. The maximum Gasteiger partial charge on any atom is 0.227 e. The standard InChI is InChI=1S/C17H18ClNO2/c1-12-4-3-5-15(10-12)21-9-8-17(20)19-16-7-6-14(18)11-13(16)2/h3-7,10-11H,8-9H2,1-2H3,(H,19,20). The molecular weight excluding hydrogens is 286 g/mol. The lowest BCUT2D eigenvalue weighted by Gasteiger charge is -2.10. The van der Waals surface area contributed by atoms with E-state index in [9.17, 15) is 4.79 Å². The third kappa shape index (κ3) is 4.80. The van der Waals surface area contributed by atoms with Crippen LogP contribution < -0.4 is 10.1 Å². The molecule has 3 nitrogen and oxygen atoms in total. The maximum atomic E-state index is 11.9. The Kier molecular flexibility index (Phi) is 5.23. The lowest BCUT2D eigenvalue weighted by Crippen LogP contribution is -2.15. The average Bonchev–Trinajstić information content (AvgIpc) is 2.42. The summed E-state index contributed by atoms with van der Waals surface area (Å²) >= 11 is 5.88. The molecule has 0 saturated carbocycles.